The number of aromatic nitrogens is 3. The van der Waals surface area contributed by atoms with Gasteiger partial charge in [0.2, 0.25) is 5.91 Å². The van der Waals surface area contributed by atoms with E-state index in [0.29, 0.717) is 60.3 Å². The average Bonchev–Trinajstić information content (AvgIpc) is 3.66. The molecule has 2 aromatic heterocycles. The molecule has 2 atom stereocenters. The van der Waals surface area contributed by atoms with Crippen LogP contribution in [0.25, 0.3) is 32.9 Å². The van der Waals surface area contributed by atoms with E-state index in [9.17, 15) is 9.18 Å². The van der Waals surface area contributed by atoms with Crippen molar-refractivity contribution in [3.8, 4) is 17.3 Å². The number of pyridine rings is 1. The van der Waals surface area contributed by atoms with E-state index in [1.54, 1.807) is 30.3 Å². The van der Waals surface area contributed by atoms with Crippen molar-refractivity contribution in [2.24, 2.45) is 0 Å². The van der Waals surface area contributed by atoms with Crippen LogP contribution in [-0.4, -0.2) is 94.4 Å². The second-order valence-electron chi connectivity index (χ2n) is 11.5. The van der Waals surface area contributed by atoms with Crippen LogP contribution in [-0.2, 0) is 4.79 Å². The summed E-state index contributed by atoms with van der Waals surface area (Å²) in [5.74, 6) is -0.134. The number of alkyl halides is 1. The number of fused-ring (bicyclic) bond motifs is 3. The monoisotopic (exact) mass is 652 g/mol. The van der Waals surface area contributed by atoms with Gasteiger partial charge in [-0.15, -0.1) is 0 Å². The molecular formula is C34H39ClF2N6O3. The third-order valence-corrected chi connectivity index (χ3v) is 8.92. The minimum Gasteiger partial charge on any atom is -0.467 e. The molecule has 3 fully saturated rings. The molecule has 46 heavy (non-hydrogen) atoms. The number of hydrogen-bond donors (Lipinski definition) is 2. The van der Waals surface area contributed by atoms with Crippen LogP contribution < -0.4 is 10.1 Å². The number of ether oxygens (including phenoxy) is 1. The van der Waals surface area contributed by atoms with E-state index in [2.05, 4.69) is 31.7 Å². The zero-order valence-corrected chi connectivity index (χ0v) is 26.8. The summed E-state index contributed by atoms with van der Waals surface area (Å²) in [5, 5.41) is 14.7. The first-order chi connectivity index (χ1) is 22.2. The van der Waals surface area contributed by atoms with Crippen molar-refractivity contribution in [2.45, 2.75) is 50.4 Å². The molecule has 3 aliphatic rings. The number of rotatable bonds is 4. The molecular weight excluding hydrogens is 614 g/mol. The molecule has 0 saturated carbocycles. The molecule has 0 aliphatic carbocycles. The summed E-state index contributed by atoms with van der Waals surface area (Å²) in [6, 6.07) is 11.8. The van der Waals surface area contributed by atoms with Gasteiger partial charge in [-0.25, -0.2) is 8.78 Å². The Balaban J connectivity index is 0.000000170. The van der Waals surface area contributed by atoms with Crippen LogP contribution in [0.5, 0.6) is 6.01 Å². The standard InChI is InChI=1S/C19H14ClFN4O.C8H13NO2.C7H12FN/c1-22-18-12-9-23-16(15(21)17(12)24-19(25-18)26-2)11-7-3-5-10-6-4-8-13(20)14(10)11;1-2-8(11)9-5-3-7(10)4-6-9;8-6-4-7-2-1-3-9(7)5-6/h3-9H,1-2H3,(H,22,24,25);2,7,10H,1,3-6H2;6-7H,1-5H2. The number of methoxy groups -OCH3 is 1. The van der Waals surface area contributed by atoms with Gasteiger partial charge in [0.15, 0.2) is 5.82 Å². The van der Waals surface area contributed by atoms with Crippen LogP contribution >= 0.6 is 11.6 Å². The lowest BCUT2D eigenvalue weighted by Crippen LogP contribution is -2.39. The van der Waals surface area contributed by atoms with Gasteiger partial charge in [-0.2, -0.15) is 9.97 Å². The Kier molecular flexibility index (Phi) is 11.0. The normalized spacial score (nSPS) is 19.6. The van der Waals surface area contributed by atoms with Crippen molar-refractivity contribution in [3.63, 3.8) is 0 Å². The molecule has 5 heterocycles. The topological polar surface area (TPSA) is 104 Å². The van der Waals surface area contributed by atoms with Crippen LogP contribution in [0.1, 0.15) is 32.1 Å². The van der Waals surface area contributed by atoms with Gasteiger partial charge in [-0.05, 0) is 56.2 Å². The summed E-state index contributed by atoms with van der Waals surface area (Å²) in [4.78, 5) is 27.7. The number of carbonyl (C=O) groups excluding carboxylic acids is 1. The zero-order chi connectivity index (χ0) is 32.8. The van der Waals surface area contributed by atoms with E-state index in [-0.39, 0.29) is 29.2 Å². The molecule has 9 nitrogen and oxygen atoms in total. The maximum atomic E-state index is 15.4. The van der Waals surface area contributed by atoms with Gasteiger partial charge >= 0.3 is 6.01 Å². The highest BCUT2D eigenvalue weighted by molar-refractivity contribution is 6.36. The van der Waals surface area contributed by atoms with Crippen molar-refractivity contribution in [2.75, 3.05) is 45.7 Å². The predicted molar refractivity (Wildman–Crippen MR) is 177 cm³/mol. The molecule has 1 amide bonds. The van der Waals surface area contributed by atoms with Gasteiger partial charge in [0, 0.05) is 54.9 Å². The number of piperidine rings is 1. The second-order valence-corrected chi connectivity index (χ2v) is 11.9. The van der Waals surface area contributed by atoms with Gasteiger partial charge < -0.3 is 20.1 Å². The van der Waals surface area contributed by atoms with E-state index in [0.717, 1.165) is 23.7 Å². The highest BCUT2D eigenvalue weighted by Crippen LogP contribution is 2.36. The number of benzene rings is 2. The predicted octanol–water partition coefficient (Wildman–Crippen LogP) is 6.04. The van der Waals surface area contributed by atoms with E-state index in [4.69, 9.17) is 21.4 Å². The lowest BCUT2D eigenvalue weighted by atomic mass is 10.0. The van der Waals surface area contributed by atoms with E-state index in [1.165, 1.54) is 26.0 Å². The molecule has 2 unspecified atom stereocenters. The number of likely N-dealkylation sites (tertiary alicyclic amines) is 1. The fraction of sp³-hybridized carbons (Fsp3) is 0.412. The number of carbonyl (C=O) groups is 1. The van der Waals surface area contributed by atoms with Crippen LogP contribution in [0.3, 0.4) is 0 Å². The lowest BCUT2D eigenvalue weighted by Gasteiger charge is -2.28. The Morgan fingerprint density at radius 1 is 1.15 bits per heavy atom. The third-order valence-electron chi connectivity index (χ3n) is 8.60. The summed E-state index contributed by atoms with van der Waals surface area (Å²) in [5.41, 5.74) is 0.922. The fourth-order valence-corrected chi connectivity index (χ4v) is 6.52. The zero-order valence-electron chi connectivity index (χ0n) is 26.1. The molecule has 3 aliphatic heterocycles. The minimum atomic E-state index is -0.549. The van der Waals surface area contributed by atoms with Crippen molar-refractivity contribution in [1.29, 1.82) is 0 Å². The van der Waals surface area contributed by atoms with E-state index in [1.807, 2.05) is 24.3 Å². The first-order valence-electron chi connectivity index (χ1n) is 15.5. The lowest BCUT2D eigenvalue weighted by molar-refractivity contribution is -0.127. The van der Waals surface area contributed by atoms with Gasteiger partial charge in [0.05, 0.1) is 18.6 Å². The van der Waals surface area contributed by atoms with Crippen LogP contribution in [0.2, 0.25) is 5.02 Å². The Morgan fingerprint density at radius 2 is 1.89 bits per heavy atom. The molecule has 0 bridgehead atoms. The maximum absolute atomic E-state index is 15.4. The number of aliphatic hydroxyl groups is 1. The molecule has 7 rings (SSSR count). The highest BCUT2D eigenvalue weighted by Gasteiger charge is 2.34. The molecule has 12 heteroatoms. The molecule has 0 radical (unpaired) electrons. The van der Waals surface area contributed by atoms with Crippen LogP contribution in [0, 0.1) is 5.82 Å². The molecule has 2 N–H and O–H groups in total. The first-order valence-corrected chi connectivity index (χ1v) is 15.8. The number of nitrogens with one attached hydrogen (secondary N) is 1. The smallest absolute Gasteiger partial charge is 0.318 e. The average molecular weight is 653 g/mol. The number of anilines is 1. The number of hydrogen-bond acceptors (Lipinski definition) is 8. The quantitative estimate of drug-likeness (QED) is 0.258. The third kappa shape index (κ3) is 7.37. The van der Waals surface area contributed by atoms with Crippen molar-refractivity contribution in [1.82, 2.24) is 24.8 Å². The molecule has 4 aromatic rings. The Labute approximate surface area is 272 Å². The van der Waals surface area contributed by atoms with Crippen LogP contribution in [0.15, 0.2) is 55.3 Å². The van der Waals surface area contributed by atoms with Crippen molar-refractivity contribution < 1.29 is 23.4 Å². The van der Waals surface area contributed by atoms with Gasteiger partial charge in [0.25, 0.3) is 0 Å². The fourth-order valence-electron chi connectivity index (χ4n) is 6.24. The maximum Gasteiger partial charge on any atom is 0.318 e. The molecule has 3 saturated heterocycles. The largest absolute Gasteiger partial charge is 0.467 e. The van der Waals surface area contributed by atoms with Gasteiger partial charge in [-0.3, -0.25) is 14.7 Å². The molecule has 0 spiro atoms. The number of nitrogens with zero attached hydrogens (tertiary/aromatic N) is 5. The summed E-state index contributed by atoms with van der Waals surface area (Å²) < 4.78 is 33.1. The number of amides is 1. The first kappa shape index (κ1) is 33.4. The van der Waals surface area contributed by atoms with Crippen molar-refractivity contribution >= 4 is 45.0 Å². The minimum absolute atomic E-state index is 0.0306. The Bertz CT molecular complexity index is 1680. The Hall–Kier alpha value is -3.93. The van der Waals surface area contributed by atoms with Crippen LogP contribution in [0.4, 0.5) is 14.6 Å². The van der Waals surface area contributed by atoms with E-state index < -0.39 is 12.0 Å². The second kappa shape index (κ2) is 15.1. The summed E-state index contributed by atoms with van der Waals surface area (Å²) in [7, 11) is 3.13. The Morgan fingerprint density at radius 3 is 2.57 bits per heavy atom. The van der Waals surface area contributed by atoms with Gasteiger partial charge in [-0.1, -0.05) is 48.5 Å². The highest BCUT2D eigenvalue weighted by atomic mass is 35.5. The number of halogens is 3. The summed E-state index contributed by atoms with van der Waals surface area (Å²) in [6.45, 7) is 6.58. The number of aliphatic hydroxyl groups excluding tert-OH is 1. The van der Waals surface area contributed by atoms with Gasteiger partial charge in [0.1, 0.15) is 23.2 Å². The van der Waals surface area contributed by atoms with Crippen molar-refractivity contribution in [3.05, 3.63) is 66.1 Å². The molecule has 2 aromatic carbocycles. The van der Waals surface area contributed by atoms with E-state index >= 15 is 4.39 Å². The summed E-state index contributed by atoms with van der Waals surface area (Å²) >= 11 is 6.37. The SMILES string of the molecule is C=CC(=O)N1CCC(O)CC1.CNc1nc(OC)nc2c(F)c(-c3cccc4cccc(Cl)c34)ncc12.FC1CC2CCCN2C1. The summed E-state index contributed by atoms with van der Waals surface area (Å²) in [6.07, 6.45) is 6.85. The molecule has 244 valence electrons.